The fourth-order valence-corrected chi connectivity index (χ4v) is 5.74. The molecule has 0 atom stereocenters. The standard InChI is InChI=1S/C22H23N5O3S/c28-22-20-17-6-2-3-7-19(17)31-21(20)23-14-26(22)24-13-15-12-16(27(29)30)8-9-18(15)25-10-4-1-5-11-25/h8-9,12-14H,1-7,10-11H2/b24-13+. The molecule has 3 aromatic rings. The number of fused-ring (bicyclic) bond motifs is 3. The number of aromatic nitrogens is 2. The number of hydrogen-bond acceptors (Lipinski definition) is 7. The number of non-ortho nitro benzene ring substituents is 1. The normalized spacial score (nSPS) is 16.7. The van der Waals surface area contributed by atoms with Crippen LogP contribution in [0.25, 0.3) is 10.2 Å². The average Bonchev–Trinajstić information content (AvgIpc) is 3.18. The van der Waals surface area contributed by atoms with Crippen LogP contribution in [0, 0.1) is 10.1 Å². The van der Waals surface area contributed by atoms with Gasteiger partial charge in [-0.2, -0.15) is 9.78 Å². The van der Waals surface area contributed by atoms with E-state index in [0.29, 0.717) is 10.9 Å². The minimum atomic E-state index is -0.408. The van der Waals surface area contributed by atoms with Crippen molar-refractivity contribution in [3.05, 3.63) is 61.0 Å². The highest BCUT2D eigenvalue weighted by molar-refractivity contribution is 7.18. The van der Waals surface area contributed by atoms with Crippen LogP contribution in [0.4, 0.5) is 11.4 Å². The van der Waals surface area contributed by atoms with Gasteiger partial charge >= 0.3 is 0 Å². The van der Waals surface area contributed by atoms with Gasteiger partial charge in [0.2, 0.25) is 0 Å². The Kier molecular flexibility index (Phi) is 5.27. The number of anilines is 1. The van der Waals surface area contributed by atoms with E-state index in [1.54, 1.807) is 23.6 Å². The molecule has 160 valence electrons. The number of nitro benzene ring substituents is 1. The summed E-state index contributed by atoms with van der Waals surface area (Å²) < 4.78 is 1.25. The first kappa shape index (κ1) is 19.9. The van der Waals surface area contributed by atoms with Gasteiger partial charge in [0.05, 0.1) is 16.5 Å². The van der Waals surface area contributed by atoms with Gasteiger partial charge in [0.15, 0.2) is 0 Å². The molecule has 1 saturated heterocycles. The van der Waals surface area contributed by atoms with Gasteiger partial charge in [-0.3, -0.25) is 14.9 Å². The first-order chi connectivity index (χ1) is 15.1. The number of benzene rings is 1. The summed E-state index contributed by atoms with van der Waals surface area (Å²) in [5.74, 6) is 0. The quantitative estimate of drug-likeness (QED) is 0.348. The summed E-state index contributed by atoms with van der Waals surface area (Å²) >= 11 is 1.61. The highest BCUT2D eigenvalue weighted by Crippen LogP contribution is 2.33. The Morgan fingerprint density at radius 1 is 1.13 bits per heavy atom. The SMILES string of the molecule is O=c1c2c3c(sc2ncn1/N=C/c1cc([N+](=O)[O-])ccc1N1CCCCC1)CCCC3. The summed E-state index contributed by atoms with van der Waals surface area (Å²) in [5.41, 5.74) is 2.50. The minimum absolute atomic E-state index is 0.00929. The lowest BCUT2D eigenvalue weighted by atomic mass is 9.97. The first-order valence-corrected chi connectivity index (χ1v) is 11.5. The van der Waals surface area contributed by atoms with Crippen molar-refractivity contribution in [2.45, 2.75) is 44.9 Å². The van der Waals surface area contributed by atoms with Crippen LogP contribution < -0.4 is 10.5 Å². The highest BCUT2D eigenvalue weighted by Gasteiger charge is 2.20. The van der Waals surface area contributed by atoms with E-state index < -0.39 is 4.92 Å². The molecule has 1 aromatic carbocycles. The maximum atomic E-state index is 13.1. The van der Waals surface area contributed by atoms with Gasteiger partial charge in [0.1, 0.15) is 11.2 Å². The van der Waals surface area contributed by atoms with Gasteiger partial charge in [-0.05, 0) is 56.6 Å². The molecule has 0 spiro atoms. The van der Waals surface area contributed by atoms with Crippen LogP contribution in [0.15, 0.2) is 34.4 Å². The summed E-state index contributed by atoms with van der Waals surface area (Å²) in [7, 11) is 0. The molecule has 0 radical (unpaired) electrons. The number of thiophene rings is 1. The minimum Gasteiger partial charge on any atom is -0.371 e. The Hall–Kier alpha value is -3.07. The van der Waals surface area contributed by atoms with Crippen LogP contribution in [0.1, 0.15) is 48.1 Å². The molecule has 8 nitrogen and oxygen atoms in total. The zero-order valence-corrected chi connectivity index (χ0v) is 17.9. The molecule has 0 unspecified atom stereocenters. The summed E-state index contributed by atoms with van der Waals surface area (Å²) in [6, 6.07) is 4.83. The number of nitro groups is 1. The number of hydrogen-bond donors (Lipinski definition) is 0. The number of aryl methyl sites for hydroxylation is 2. The molecular weight excluding hydrogens is 414 g/mol. The van der Waals surface area contributed by atoms with E-state index in [2.05, 4.69) is 15.0 Å². The third kappa shape index (κ3) is 3.74. The Bertz CT molecular complexity index is 1240. The molecule has 0 N–H and O–H groups in total. The molecule has 1 fully saturated rings. The molecule has 1 aliphatic carbocycles. The van der Waals surface area contributed by atoms with Crippen molar-refractivity contribution >= 4 is 39.1 Å². The van der Waals surface area contributed by atoms with Crippen molar-refractivity contribution in [3.8, 4) is 0 Å². The Morgan fingerprint density at radius 2 is 1.94 bits per heavy atom. The van der Waals surface area contributed by atoms with E-state index in [1.165, 1.54) is 34.4 Å². The van der Waals surface area contributed by atoms with Crippen LogP contribution in [-0.2, 0) is 12.8 Å². The molecule has 2 aromatic heterocycles. The zero-order valence-electron chi connectivity index (χ0n) is 17.1. The van der Waals surface area contributed by atoms with Gasteiger partial charge in [-0.25, -0.2) is 4.98 Å². The van der Waals surface area contributed by atoms with E-state index >= 15 is 0 Å². The van der Waals surface area contributed by atoms with Gasteiger partial charge in [-0.15, -0.1) is 11.3 Å². The van der Waals surface area contributed by atoms with Crippen LogP contribution in [-0.4, -0.2) is 33.9 Å². The fourth-order valence-electron chi connectivity index (χ4n) is 4.53. The second kappa shape index (κ2) is 8.22. The Balaban J connectivity index is 1.56. The summed E-state index contributed by atoms with van der Waals surface area (Å²) in [6.45, 7) is 1.82. The molecule has 0 amide bonds. The van der Waals surface area contributed by atoms with Crippen molar-refractivity contribution in [2.75, 3.05) is 18.0 Å². The number of piperidine rings is 1. The zero-order chi connectivity index (χ0) is 21.4. The van der Waals surface area contributed by atoms with E-state index in [-0.39, 0.29) is 11.2 Å². The largest absolute Gasteiger partial charge is 0.371 e. The Labute approximate surface area is 183 Å². The number of rotatable bonds is 4. The molecule has 0 saturated carbocycles. The number of nitrogens with zero attached hydrogens (tertiary/aromatic N) is 5. The summed E-state index contributed by atoms with van der Waals surface area (Å²) in [6.07, 6.45) is 10.5. The topological polar surface area (TPSA) is 93.6 Å². The van der Waals surface area contributed by atoms with Crippen molar-refractivity contribution in [1.82, 2.24) is 9.66 Å². The third-order valence-electron chi connectivity index (χ3n) is 6.10. The second-order valence-corrected chi connectivity index (χ2v) is 9.16. The molecule has 1 aliphatic heterocycles. The molecule has 9 heteroatoms. The van der Waals surface area contributed by atoms with Gasteiger partial charge < -0.3 is 4.90 Å². The highest BCUT2D eigenvalue weighted by atomic mass is 32.1. The van der Waals surface area contributed by atoms with Crippen LogP contribution >= 0.6 is 11.3 Å². The van der Waals surface area contributed by atoms with E-state index in [0.717, 1.165) is 67.7 Å². The van der Waals surface area contributed by atoms with Crippen LogP contribution in [0.2, 0.25) is 0 Å². The van der Waals surface area contributed by atoms with Crippen LogP contribution in [0.3, 0.4) is 0 Å². The van der Waals surface area contributed by atoms with Crippen molar-refractivity contribution < 1.29 is 4.92 Å². The molecule has 5 rings (SSSR count). The smallest absolute Gasteiger partial charge is 0.282 e. The lowest BCUT2D eigenvalue weighted by Gasteiger charge is -2.29. The molecule has 3 heterocycles. The fraction of sp³-hybridized carbons (Fsp3) is 0.409. The van der Waals surface area contributed by atoms with E-state index in [1.807, 2.05) is 0 Å². The maximum Gasteiger partial charge on any atom is 0.282 e. The van der Waals surface area contributed by atoms with Crippen molar-refractivity contribution in [2.24, 2.45) is 5.10 Å². The average molecular weight is 438 g/mol. The van der Waals surface area contributed by atoms with Gasteiger partial charge in [0.25, 0.3) is 11.2 Å². The van der Waals surface area contributed by atoms with Gasteiger partial charge in [-0.1, -0.05) is 0 Å². The second-order valence-electron chi connectivity index (χ2n) is 8.08. The summed E-state index contributed by atoms with van der Waals surface area (Å²) in [4.78, 5) is 32.8. The first-order valence-electron chi connectivity index (χ1n) is 10.7. The van der Waals surface area contributed by atoms with E-state index in [4.69, 9.17) is 0 Å². The lowest BCUT2D eigenvalue weighted by Crippen LogP contribution is -2.30. The third-order valence-corrected chi connectivity index (χ3v) is 7.30. The van der Waals surface area contributed by atoms with Crippen molar-refractivity contribution in [1.29, 1.82) is 0 Å². The molecule has 0 bridgehead atoms. The maximum absolute atomic E-state index is 13.1. The predicted octanol–water partition coefficient (Wildman–Crippen LogP) is 4.12. The summed E-state index contributed by atoms with van der Waals surface area (Å²) in [5, 5.41) is 16.4. The van der Waals surface area contributed by atoms with Crippen LogP contribution in [0.5, 0.6) is 0 Å². The Morgan fingerprint density at radius 3 is 2.74 bits per heavy atom. The van der Waals surface area contributed by atoms with Gasteiger partial charge in [0, 0.05) is 41.4 Å². The lowest BCUT2D eigenvalue weighted by molar-refractivity contribution is -0.384. The van der Waals surface area contributed by atoms with E-state index in [9.17, 15) is 14.9 Å². The predicted molar refractivity (Wildman–Crippen MR) is 123 cm³/mol. The van der Waals surface area contributed by atoms with Crippen molar-refractivity contribution in [3.63, 3.8) is 0 Å². The monoisotopic (exact) mass is 437 g/mol. The molecule has 2 aliphatic rings. The molecular formula is C22H23N5O3S. The molecule has 31 heavy (non-hydrogen) atoms.